The highest BCUT2D eigenvalue weighted by Crippen LogP contribution is 2.30. The third kappa shape index (κ3) is 3.11. The van der Waals surface area contributed by atoms with Crippen molar-refractivity contribution in [3.63, 3.8) is 0 Å². The summed E-state index contributed by atoms with van der Waals surface area (Å²) in [6.45, 7) is 1.22. The predicted molar refractivity (Wildman–Crippen MR) is 68.3 cm³/mol. The Hall–Kier alpha value is 0.270. The molecule has 0 aromatic carbocycles. The van der Waals surface area contributed by atoms with E-state index in [9.17, 15) is 0 Å². The molecule has 2 nitrogen and oxygen atoms in total. The van der Waals surface area contributed by atoms with Gasteiger partial charge >= 0.3 is 0 Å². The highest BCUT2D eigenvalue weighted by molar-refractivity contribution is 7.99. The van der Waals surface area contributed by atoms with E-state index in [1.807, 2.05) is 0 Å². The van der Waals surface area contributed by atoms with E-state index >= 15 is 0 Å². The van der Waals surface area contributed by atoms with Crippen LogP contribution in [0.25, 0.3) is 0 Å². The van der Waals surface area contributed by atoms with Gasteiger partial charge in [-0.15, -0.1) is 0 Å². The Bertz CT molecular complexity index is 192. The summed E-state index contributed by atoms with van der Waals surface area (Å²) in [7, 11) is 2.24. The molecule has 1 heterocycles. The van der Waals surface area contributed by atoms with Crippen LogP contribution < -0.4 is 5.73 Å². The first-order valence-electron chi connectivity index (χ1n) is 6.31. The molecule has 2 fully saturated rings. The lowest BCUT2D eigenvalue weighted by atomic mass is 9.94. The Morgan fingerprint density at radius 3 is 2.80 bits per heavy atom. The van der Waals surface area contributed by atoms with Gasteiger partial charge in [-0.1, -0.05) is 25.7 Å². The fourth-order valence-electron chi connectivity index (χ4n) is 2.94. The van der Waals surface area contributed by atoms with Gasteiger partial charge in [0.05, 0.1) is 0 Å². The van der Waals surface area contributed by atoms with Crippen molar-refractivity contribution in [2.75, 3.05) is 25.1 Å². The van der Waals surface area contributed by atoms with Crippen molar-refractivity contribution in [1.29, 1.82) is 0 Å². The molecule has 0 radical (unpaired) electrons. The summed E-state index contributed by atoms with van der Waals surface area (Å²) in [5, 5.41) is 0. The zero-order valence-corrected chi connectivity index (χ0v) is 10.6. The lowest BCUT2D eigenvalue weighted by molar-refractivity contribution is 0.217. The number of thioether (sulfide) groups is 1. The van der Waals surface area contributed by atoms with Gasteiger partial charge in [0.2, 0.25) is 0 Å². The maximum atomic E-state index is 6.36. The molecule has 2 N–H and O–H groups in total. The smallest absolute Gasteiger partial charge is 0.0335 e. The fourth-order valence-corrected chi connectivity index (χ4v) is 4.27. The van der Waals surface area contributed by atoms with Crippen LogP contribution in [-0.2, 0) is 0 Å². The van der Waals surface area contributed by atoms with Gasteiger partial charge in [-0.2, -0.15) is 11.8 Å². The van der Waals surface area contributed by atoms with Crippen LogP contribution in [0, 0.1) is 5.92 Å². The summed E-state index contributed by atoms with van der Waals surface area (Å²) in [5.74, 6) is 3.45. The monoisotopic (exact) mass is 228 g/mol. The molecule has 2 rings (SSSR count). The van der Waals surface area contributed by atoms with Gasteiger partial charge in [-0.05, 0) is 19.4 Å². The zero-order chi connectivity index (χ0) is 10.7. The van der Waals surface area contributed by atoms with Crippen LogP contribution >= 0.6 is 11.8 Å². The molecule has 2 aliphatic rings. The highest BCUT2D eigenvalue weighted by atomic mass is 32.2. The van der Waals surface area contributed by atoms with Crippen molar-refractivity contribution in [2.24, 2.45) is 11.7 Å². The summed E-state index contributed by atoms with van der Waals surface area (Å²) in [5.41, 5.74) is 6.36. The summed E-state index contributed by atoms with van der Waals surface area (Å²) < 4.78 is 0. The molecular weight excluding hydrogens is 204 g/mol. The molecule has 3 heteroatoms. The Kier molecular flexibility index (Phi) is 4.35. The lowest BCUT2D eigenvalue weighted by Crippen LogP contribution is -2.51. The van der Waals surface area contributed by atoms with Crippen LogP contribution in [0.15, 0.2) is 0 Å². The number of rotatable bonds is 3. The van der Waals surface area contributed by atoms with Crippen molar-refractivity contribution in [1.82, 2.24) is 4.90 Å². The second-order valence-corrected chi connectivity index (χ2v) is 6.32. The minimum absolute atomic E-state index is 0.408. The van der Waals surface area contributed by atoms with E-state index in [4.69, 9.17) is 5.73 Å². The average Bonchev–Trinajstić information content (AvgIpc) is 2.71. The second-order valence-electron chi connectivity index (χ2n) is 5.17. The molecule has 0 aromatic heterocycles. The first-order chi connectivity index (χ1) is 7.27. The third-order valence-corrected chi connectivity index (χ3v) is 5.07. The summed E-state index contributed by atoms with van der Waals surface area (Å²) in [6.07, 6.45) is 6.99. The number of likely N-dealkylation sites (N-methyl/N-ethyl adjacent to an activating group) is 1. The Morgan fingerprint density at radius 2 is 2.13 bits per heavy atom. The third-order valence-electron chi connectivity index (χ3n) is 4.02. The number of hydrogen-bond donors (Lipinski definition) is 1. The maximum Gasteiger partial charge on any atom is 0.0335 e. The molecule has 15 heavy (non-hydrogen) atoms. The standard InChI is InChI=1S/C12H24N2S/c1-14-6-7-15-9-12(14)11(13)8-10-4-2-3-5-10/h10-12H,2-9,13H2,1H3. The van der Waals surface area contributed by atoms with E-state index in [1.54, 1.807) is 0 Å². The predicted octanol–water partition coefficient (Wildman–Crippen LogP) is 1.94. The molecule has 88 valence electrons. The normalized spacial score (nSPS) is 32.0. The molecule has 0 spiro atoms. The molecule has 1 aliphatic heterocycles. The molecular formula is C12H24N2S. The van der Waals surface area contributed by atoms with Crippen molar-refractivity contribution >= 4 is 11.8 Å². The van der Waals surface area contributed by atoms with Crippen LogP contribution in [0.3, 0.4) is 0 Å². The van der Waals surface area contributed by atoms with E-state index < -0.39 is 0 Å². The Morgan fingerprint density at radius 1 is 1.40 bits per heavy atom. The van der Waals surface area contributed by atoms with Gasteiger partial charge in [0.1, 0.15) is 0 Å². The fraction of sp³-hybridized carbons (Fsp3) is 1.00. The van der Waals surface area contributed by atoms with Gasteiger partial charge in [0, 0.05) is 30.1 Å². The van der Waals surface area contributed by atoms with Crippen molar-refractivity contribution < 1.29 is 0 Å². The van der Waals surface area contributed by atoms with E-state index in [1.165, 1.54) is 50.2 Å². The largest absolute Gasteiger partial charge is 0.326 e. The minimum Gasteiger partial charge on any atom is -0.326 e. The summed E-state index contributed by atoms with van der Waals surface area (Å²) in [4.78, 5) is 2.47. The van der Waals surface area contributed by atoms with E-state index in [0.717, 1.165) is 5.92 Å². The molecule has 2 unspecified atom stereocenters. The summed E-state index contributed by atoms with van der Waals surface area (Å²) >= 11 is 2.07. The number of nitrogens with two attached hydrogens (primary N) is 1. The molecule has 1 aliphatic carbocycles. The first kappa shape index (κ1) is 11.7. The molecule has 0 amide bonds. The SMILES string of the molecule is CN1CCSCC1C(N)CC1CCCC1. The van der Waals surface area contributed by atoms with Crippen molar-refractivity contribution in [3.8, 4) is 0 Å². The molecule has 0 bridgehead atoms. The quantitative estimate of drug-likeness (QED) is 0.800. The van der Waals surface area contributed by atoms with Crippen LogP contribution in [0.1, 0.15) is 32.1 Å². The van der Waals surface area contributed by atoms with Crippen LogP contribution in [0.2, 0.25) is 0 Å². The number of hydrogen-bond acceptors (Lipinski definition) is 3. The van der Waals surface area contributed by atoms with Gasteiger partial charge in [0.15, 0.2) is 0 Å². The molecule has 1 saturated carbocycles. The molecule has 1 saturated heterocycles. The van der Waals surface area contributed by atoms with Crippen molar-refractivity contribution in [2.45, 2.75) is 44.2 Å². The number of nitrogens with zero attached hydrogens (tertiary/aromatic N) is 1. The van der Waals surface area contributed by atoms with Crippen LogP contribution in [0.5, 0.6) is 0 Å². The molecule has 2 atom stereocenters. The van der Waals surface area contributed by atoms with Gasteiger partial charge in [0.25, 0.3) is 0 Å². The second kappa shape index (κ2) is 5.55. The Labute approximate surface area is 98.0 Å². The van der Waals surface area contributed by atoms with E-state index in [0.29, 0.717) is 12.1 Å². The highest BCUT2D eigenvalue weighted by Gasteiger charge is 2.28. The van der Waals surface area contributed by atoms with Gasteiger partial charge in [-0.3, -0.25) is 0 Å². The van der Waals surface area contributed by atoms with Gasteiger partial charge in [-0.25, -0.2) is 0 Å². The maximum absolute atomic E-state index is 6.36. The zero-order valence-electron chi connectivity index (χ0n) is 9.82. The van der Waals surface area contributed by atoms with E-state index in [-0.39, 0.29) is 0 Å². The van der Waals surface area contributed by atoms with Gasteiger partial charge < -0.3 is 10.6 Å². The van der Waals surface area contributed by atoms with Crippen molar-refractivity contribution in [3.05, 3.63) is 0 Å². The van der Waals surface area contributed by atoms with Crippen LogP contribution in [0.4, 0.5) is 0 Å². The lowest BCUT2D eigenvalue weighted by Gasteiger charge is -2.37. The topological polar surface area (TPSA) is 29.3 Å². The summed E-state index contributed by atoms with van der Waals surface area (Å²) in [6, 6.07) is 1.04. The minimum atomic E-state index is 0.408. The first-order valence-corrected chi connectivity index (χ1v) is 7.46. The molecule has 0 aromatic rings. The van der Waals surface area contributed by atoms with E-state index in [2.05, 4.69) is 23.7 Å². The Balaban J connectivity index is 1.80. The average molecular weight is 228 g/mol. The van der Waals surface area contributed by atoms with Crippen LogP contribution in [-0.4, -0.2) is 42.1 Å².